The number of ether oxygens (including phenoxy) is 2. The number of hydrogen-bond donors (Lipinski definition) is 1. The highest BCUT2D eigenvalue weighted by molar-refractivity contribution is 5.69. The molecule has 5 nitrogen and oxygen atoms in total. The van der Waals surface area contributed by atoms with E-state index >= 15 is 0 Å². The van der Waals surface area contributed by atoms with Crippen LogP contribution in [0.5, 0.6) is 0 Å². The van der Waals surface area contributed by atoms with Crippen LogP contribution in [0.1, 0.15) is 129 Å². The van der Waals surface area contributed by atoms with Gasteiger partial charge in [-0.2, -0.15) is 0 Å². The molecule has 0 aliphatic rings. The van der Waals surface area contributed by atoms with Gasteiger partial charge in [-0.1, -0.05) is 104 Å². The Labute approximate surface area is 185 Å². The quantitative estimate of drug-likeness (QED) is 0.157. The van der Waals surface area contributed by atoms with E-state index in [9.17, 15) is 14.7 Å². The van der Waals surface area contributed by atoms with Crippen LogP contribution in [0.15, 0.2) is 0 Å². The molecule has 0 rings (SSSR count). The van der Waals surface area contributed by atoms with Crippen molar-refractivity contribution < 1.29 is 24.2 Å². The van der Waals surface area contributed by atoms with E-state index in [0.29, 0.717) is 12.8 Å². The Bertz CT molecular complexity index is 397. The minimum atomic E-state index is -0.949. The van der Waals surface area contributed by atoms with Gasteiger partial charge in [0.15, 0.2) is 0 Å². The minimum Gasteiger partial charge on any atom is -0.463 e. The van der Waals surface area contributed by atoms with Crippen molar-refractivity contribution in [3.8, 4) is 0 Å². The third-order valence-corrected chi connectivity index (χ3v) is 5.34. The molecule has 30 heavy (non-hydrogen) atoms. The molecule has 0 fully saturated rings. The van der Waals surface area contributed by atoms with Crippen LogP contribution < -0.4 is 0 Å². The lowest BCUT2D eigenvalue weighted by atomic mass is 10.1. The maximum atomic E-state index is 11.7. The lowest BCUT2D eigenvalue weighted by Crippen LogP contribution is -2.25. The molecule has 0 spiro atoms. The van der Waals surface area contributed by atoms with Gasteiger partial charge in [0.05, 0.1) is 0 Å². The van der Waals surface area contributed by atoms with E-state index < -0.39 is 6.10 Å². The zero-order valence-electron chi connectivity index (χ0n) is 19.8. The van der Waals surface area contributed by atoms with Gasteiger partial charge in [-0.3, -0.25) is 9.59 Å². The maximum Gasteiger partial charge on any atom is 0.305 e. The fourth-order valence-electron chi connectivity index (χ4n) is 3.38. The van der Waals surface area contributed by atoms with Gasteiger partial charge in [0.2, 0.25) is 0 Å². The smallest absolute Gasteiger partial charge is 0.305 e. The van der Waals surface area contributed by atoms with E-state index in [0.717, 1.165) is 38.5 Å². The molecule has 0 amide bonds. The minimum absolute atomic E-state index is 0.110. The first kappa shape index (κ1) is 28.9. The van der Waals surface area contributed by atoms with Crippen molar-refractivity contribution in [1.82, 2.24) is 0 Å². The van der Waals surface area contributed by atoms with Crippen molar-refractivity contribution in [1.29, 1.82) is 0 Å². The summed E-state index contributed by atoms with van der Waals surface area (Å²) in [5.74, 6) is -0.574. The van der Waals surface area contributed by atoms with Crippen molar-refractivity contribution >= 4 is 11.9 Å². The standard InChI is InChI=1S/C25H48O5/c1-3-5-7-9-11-12-14-16-18-20-25(28)30-22-23(26)21-29-24(27)19-17-15-13-10-8-6-4-2/h23,26H,3-22H2,1-2H3/t23-/m0/s1. The highest BCUT2D eigenvalue weighted by atomic mass is 16.6. The monoisotopic (exact) mass is 428 g/mol. The van der Waals surface area contributed by atoms with Crippen molar-refractivity contribution in [2.45, 2.75) is 136 Å². The molecule has 0 unspecified atom stereocenters. The first-order valence-electron chi connectivity index (χ1n) is 12.6. The molecule has 1 N–H and O–H groups in total. The average molecular weight is 429 g/mol. The maximum absolute atomic E-state index is 11.7. The highest BCUT2D eigenvalue weighted by Crippen LogP contribution is 2.11. The molecular weight excluding hydrogens is 380 g/mol. The molecule has 0 saturated heterocycles. The Morgan fingerprint density at radius 1 is 0.567 bits per heavy atom. The summed E-state index contributed by atoms with van der Waals surface area (Å²) in [5, 5.41) is 9.81. The fourth-order valence-corrected chi connectivity index (χ4v) is 3.38. The number of esters is 2. The van der Waals surface area contributed by atoms with Crippen molar-refractivity contribution in [2.24, 2.45) is 0 Å². The molecule has 178 valence electrons. The average Bonchev–Trinajstić information content (AvgIpc) is 2.74. The third-order valence-electron chi connectivity index (χ3n) is 5.34. The molecule has 5 heteroatoms. The second-order valence-electron chi connectivity index (χ2n) is 8.47. The summed E-state index contributed by atoms with van der Waals surface area (Å²) in [7, 11) is 0. The molecule has 1 atom stereocenters. The van der Waals surface area contributed by atoms with Crippen LogP contribution in [-0.2, 0) is 19.1 Å². The van der Waals surface area contributed by atoms with E-state index in [4.69, 9.17) is 9.47 Å². The summed E-state index contributed by atoms with van der Waals surface area (Å²) in [4.78, 5) is 23.4. The van der Waals surface area contributed by atoms with Crippen molar-refractivity contribution in [2.75, 3.05) is 13.2 Å². The lowest BCUT2D eigenvalue weighted by Gasteiger charge is -2.12. The summed E-state index contributed by atoms with van der Waals surface area (Å²) >= 11 is 0. The number of aliphatic hydroxyl groups excluding tert-OH is 1. The SMILES string of the molecule is CCCCCCCCCCCC(=O)OC[C@@H](O)COC(=O)CCCCCCCCC. The molecule has 0 aromatic heterocycles. The van der Waals surface area contributed by atoms with Crippen LogP contribution in [0, 0.1) is 0 Å². The molecule has 0 aliphatic heterocycles. The number of rotatable bonds is 22. The zero-order chi connectivity index (χ0) is 22.3. The van der Waals surface area contributed by atoms with Gasteiger partial charge in [0.1, 0.15) is 19.3 Å². The Balaban J connectivity index is 3.46. The van der Waals surface area contributed by atoms with Crippen LogP contribution in [0.25, 0.3) is 0 Å². The van der Waals surface area contributed by atoms with Crippen LogP contribution >= 0.6 is 0 Å². The van der Waals surface area contributed by atoms with Crippen LogP contribution in [0.4, 0.5) is 0 Å². The number of carbonyl (C=O) groups excluding carboxylic acids is 2. The molecule has 0 radical (unpaired) electrons. The normalized spacial score (nSPS) is 12.0. The van der Waals surface area contributed by atoms with E-state index in [1.807, 2.05) is 0 Å². The Morgan fingerprint density at radius 3 is 1.20 bits per heavy atom. The molecule has 0 aliphatic carbocycles. The molecule has 0 bridgehead atoms. The fraction of sp³-hybridized carbons (Fsp3) is 0.920. The van der Waals surface area contributed by atoms with Crippen molar-refractivity contribution in [3.05, 3.63) is 0 Å². The van der Waals surface area contributed by atoms with Crippen LogP contribution in [0.3, 0.4) is 0 Å². The van der Waals surface area contributed by atoms with E-state index in [-0.39, 0.29) is 25.2 Å². The molecular formula is C25H48O5. The number of hydrogen-bond acceptors (Lipinski definition) is 5. The van der Waals surface area contributed by atoms with Crippen LogP contribution in [-0.4, -0.2) is 36.4 Å². The van der Waals surface area contributed by atoms with Gasteiger partial charge in [0.25, 0.3) is 0 Å². The summed E-state index contributed by atoms with van der Waals surface area (Å²) < 4.78 is 10.1. The van der Waals surface area contributed by atoms with Gasteiger partial charge in [0, 0.05) is 12.8 Å². The van der Waals surface area contributed by atoms with E-state index in [2.05, 4.69) is 13.8 Å². The Kier molecular flexibility index (Phi) is 21.8. The predicted octanol–water partition coefficient (Wildman–Crippen LogP) is 6.50. The zero-order valence-corrected chi connectivity index (χ0v) is 19.8. The number of carbonyl (C=O) groups is 2. The largest absolute Gasteiger partial charge is 0.463 e. The number of unbranched alkanes of at least 4 members (excludes halogenated alkanes) is 14. The first-order valence-corrected chi connectivity index (χ1v) is 12.6. The molecule has 0 heterocycles. The summed E-state index contributed by atoms with van der Waals surface area (Å²) in [6.45, 7) is 4.20. The van der Waals surface area contributed by atoms with E-state index in [1.165, 1.54) is 64.2 Å². The van der Waals surface area contributed by atoms with Gasteiger partial charge in [-0.25, -0.2) is 0 Å². The second-order valence-corrected chi connectivity index (χ2v) is 8.47. The molecule has 0 saturated carbocycles. The van der Waals surface area contributed by atoms with Gasteiger partial charge < -0.3 is 14.6 Å². The molecule has 0 aromatic carbocycles. The van der Waals surface area contributed by atoms with Gasteiger partial charge in [-0.05, 0) is 12.8 Å². The predicted molar refractivity (Wildman–Crippen MR) is 122 cm³/mol. The highest BCUT2D eigenvalue weighted by Gasteiger charge is 2.12. The summed E-state index contributed by atoms with van der Waals surface area (Å²) in [5.41, 5.74) is 0. The van der Waals surface area contributed by atoms with Gasteiger partial charge in [-0.15, -0.1) is 0 Å². The summed E-state index contributed by atoms with van der Waals surface area (Å²) in [6.07, 6.45) is 18.7. The Morgan fingerprint density at radius 2 is 0.867 bits per heavy atom. The van der Waals surface area contributed by atoms with Crippen LogP contribution in [0.2, 0.25) is 0 Å². The topological polar surface area (TPSA) is 72.8 Å². The third kappa shape index (κ3) is 21.6. The van der Waals surface area contributed by atoms with Gasteiger partial charge >= 0.3 is 11.9 Å². The number of aliphatic hydroxyl groups is 1. The van der Waals surface area contributed by atoms with Crippen molar-refractivity contribution in [3.63, 3.8) is 0 Å². The lowest BCUT2D eigenvalue weighted by molar-refractivity contribution is -0.152. The Hall–Kier alpha value is -1.10. The van der Waals surface area contributed by atoms with E-state index in [1.54, 1.807) is 0 Å². The first-order chi connectivity index (χ1) is 14.6. The second kappa shape index (κ2) is 22.6. The summed E-state index contributed by atoms with van der Waals surface area (Å²) in [6, 6.07) is 0. The molecule has 0 aromatic rings.